The molecule has 1 heterocycles. The normalized spacial score (nSPS) is 19.4. The molecule has 0 amide bonds. The predicted molar refractivity (Wildman–Crippen MR) is 81.7 cm³/mol. The number of halogens is 1. The van der Waals surface area contributed by atoms with Gasteiger partial charge < -0.3 is 0 Å². The van der Waals surface area contributed by atoms with E-state index in [1.165, 1.54) is 44.2 Å². The number of nitrogens with two attached hydrogens (primary N) is 1. The highest BCUT2D eigenvalue weighted by Crippen LogP contribution is 2.29. The molecule has 0 aromatic carbocycles. The quantitative estimate of drug-likeness (QED) is 0.507. The molecule has 1 aromatic heterocycles. The summed E-state index contributed by atoms with van der Waals surface area (Å²) in [5.74, 6) is 6.50. The molecule has 5 heteroatoms. The SMILES string of the molecule is Cc1nn(C)c(CC(NN)C2CCCCCC2)c1Br. The Hall–Kier alpha value is -0.390. The largest absolute Gasteiger partial charge is 0.271 e. The van der Waals surface area contributed by atoms with Gasteiger partial charge in [0.2, 0.25) is 0 Å². The molecule has 19 heavy (non-hydrogen) atoms. The maximum absolute atomic E-state index is 5.81. The van der Waals surface area contributed by atoms with Gasteiger partial charge in [0, 0.05) is 19.5 Å². The van der Waals surface area contributed by atoms with Crippen LogP contribution in [0, 0.1) is 12.8 Å². The fraction of sp³-hybridized carbons (Fsp3) is 0.786. The number of hydrazine groups is 1. The summed E-state index contributed by atoms with van der Waals surface area (Å²) in [4.78, 5) is 0. The molecule has 0 radical (unpaired) electrons. The third-order valence-electron chi connectivity index (χ3n) is 4.36. The Morgan fingerprint density at radius 1 is 1.37 bits per heavy atom. The standard InChI is InChI=1S/C14H25BrN4/c1-10-14(15)13(19(2)18-10)9-12(17-16)11-7-5-3-4-6-8-11/h11-12,17H,3-9,16H2,1-2H3. The van der Waals surface area contributed by atoms with Crippen molar-refractivity contribution in [1.82, 2.24) is 15.2 Å². The second-order valence-electron chi connectivity index (χ2n) is 5.70. The van der Waals surface area contributed by atoms with Crippen LogP contribution in [0.1, 0.15) is 49.9 Å². The van der Waals surface area contributed by atoms with E-state index in [0.29, 0.717) is 12.0 Å². The minimum atomic E-state index is 0.351. The zero-order valence-electron chi connectivity index (χ0n) is 12.0. The summed E-state index contributed by atoms with van der Waals surface area (Å²) in [5.41, 5.74) is 5.34. The lowest BCUT2D eigenvalue weighted by Gasteiger charge is -2.25. The third kappa shape index (κ3) is 3.58. The van der Waals surface area contributed by atoms with Gasteiger partial charge in [-0.25, -0.2) is 0 Å². The van der Waals surface area contributed by atoms with Crippen LogP contribution in [0.15, 0.2) is 4.47 Å². The van der Waals surface area contributed by atoms with Crippen molar-refractivity contribution < 1.29 is 0 Å². The minimum Gasteiger partial charge on any atom is -0.271 e. The highest BCUT2D eigenvalue weighted by Gasteiger charge is 2.24. The van der Waals surface area contributed by atoms with Crippen molar-refractivity contribution in [1.29, 1.82) is 0 Å². The van der Waals surface area contributed by atoms with Crippen LogP contribution >= 0.6 is 15.9 Å². The van der Waals surface area contributed by atoms with Crippen molar-refractivity contribution in [3.05, 3.63) is 15.9 Å². The average molecular weight is 329 g/mol. The molecule has 2 rings (SSSR count). The van der Waals surface area contributed by atoms with Crippen LogP contribution in [0.5, 0.6) is 0 Å². The molecule has 1 aliphatic rings. The van der Waals surface area contributed by atoms with Crippen LogP contribution in [-0.2, 0) is 13.5 Å². The van der Waals surface area contributed by atoms with Gasteiger partial charge >= 0.3 is 0 Å². The molecule has 1 unspecified atom stereocenters. The van der Waals surface area contributed by atoms with Crippen molar-refractivity contribution >= 4 is 15.9 Å². The van der Waals surface area contributed by atoms with Crippen molar-refractivity contribution in [2.75, 3.05) is 0 Å². The second kappa shape index (κ2) is 6.86. The number of rotatable bonds is 4. The molecule has 0 bridgehead atoms. The van der Waals surface area contributed by atoms with Gasteiger partial charge in [0.25, 0.3) is 0 Å². The van der Waals surface area contributed by atoms with Crippen LogP contribution in [0.25, 0.3) is 0 Å². The monoisotopic (exact) mass is 328 g/mol. The van der Waals surface area contributed by atoms with E-state index in [1.807, 2.05) is 18.7 Å². The van der Waals surface area contributed by atoms with Crippen molar-refractivity contribution in [3.8, 4) is 0 Å². The first-order chi connectivity index (χ1) is 9.13. The number of hydrogen-bond donors (Lipinski definition) is 2. The van der Waals surface area contributed by atoms with E-state index in [1.54, 1.807) is 0 Å². The Bertz CT molecular complexity index is 408. The first-order valence-electron chi connectivity index (χ1n) is 7.27. The van der Waals surface area contributed by atoms with Crippen molar-refractivity contribution in [2.24, 2.45) is 18.8 Å². The van der Waals surface area contributed by atoms with E-state index in [0.717, 1.165) is 16.6 Å². The predicted octanol–water partition coefficient (Wildman–Crippen LogP) is 2.84. The van der Waals surface area contributed by atoms with Crippen LogP contribution < -0.4 is 11.3 Å². The molecule has 4 nitrogen and oxygen atoms in total. The summed E-state index contributed by atoms with van der Waals surface area (Å²) >= 11 is 3.65. The molecule has 1 aromatic rings. The molecular weight excluding hydrogens is 304 g/mol. The summed E-state index contributed by atoms with van der Waals surface area (Å²) in [6.07, 6.45) is 8.97. The zero-order valence-corrected chi connectivity index (χ0v) is 13.5. The molecule has 1 atom stereocenters. The van der Waals surface area contributed by atoms with Crippen LogP contribution in [-0.4, -0.2) is 15.8 Å². The van der Waals surface area contributed by atoms with E-state index in [4.69, 9.17) is 5.84 Å². The topological polar surface area (TPSA) is 55.9 Å². The average Bonchev–Trinajstić information content (AvgIpc) is 2.64. The Morgan fingerprint density at radius 3 is 2.47 bits per heavy atom. The summed E-state index contributed by atoms with van der Waals surface area (Å²) in [7, 11) is 2.01. The number of aryl methyl sites for hydroxylation is 2. The fourth-order valence-electron chi connectivity index (χ4n) is 3.19. The zero-order chi connectivity index (χ0) is 13.8. The van der Waals surface area contributed by atoms with Gasteiger partial charge in [-0.3, -0.25) is 16.0 Å². The molecule has 1 aliphatic carbocycles. The number of nitrogens with zero attached hydrogens (tertiary/aromatic N) is 2. The highest BCUT2D eigenvalue weighted by molar-refractivity contribution is 9.10. The summed E-state index contributed by atoms with van der Waals surface area (Å²) in [5, 5.41) is 4.46. The van der Waals surface area contributed by atoms with E-state index >= 15 is 0 Å². The van der Waals surface area contributed by atoms with E-state index in [-0.39, 0.29) is 0 Å². The highest BCUT2D eigenvalue weighted by atomic mass is 79.9. The number of aromatic nitrogens is 2. The maximum atomic E-state index is 5.81. The summed E-state index contributed by atoms with van der Waals surface area (Å²) in [6, 6.07) is 0.351. The summed E-state index contributed by atoms with van der Waals surface area (Å²) < 4.78 is 3.10. The Labute approximate surface area is 124 Å². The lowest BCUT2D eigenvalue weighted by Crippen LogP contribution is -2.42. The van der Waals surface area contributed by atoms with Crippen LogP contribution in [0.4, 0.5) is 0 Å². The van der Waals surface area contributed by atoms with Crippen molar-refractivity contribution in [2.45, 2.75) is 57.9 Å². The molecule has 108 valence electrons. The van der Waals surface area contributed by atoms with E-state index in [2.05, 4.69) is 26.5 Å². The summed E-state index contributed by atoms with van der Waals surface area (Å²) in [6.45, 7) is 2.03. The van der Waals surface area contributed by atoms with E-state index in [9.17, 15) is 0 Å². The Morgan fingerprint density at radius 2 is 2.00 bits per heavy atom. The van der Waals surface area contributed by atoms with Gasteiger partial charge in [-0.1, -0.05) is 25.7 Å². The van der Waals surface area contributed by atoms with Gasteiger partial charge in [-0.2, -0.15) is 5.10 Å². The van der Waals surface area contributed by atoms with Crippen molar-refractivity contribution in [3.63, 3.8) is 0 Å². The molecule has 1 fully saturated rings. The Kier molecular flexibility index (Phi) is 5.42. The Balaban J connectivity index is 2.09. The lowest BCUT2D eigenvalue weighted by molar-refractivity contribution is 0.316. The molecule has 1 saturated carbocycles. The molecule has 0 aliphatic heterocycles. The number of hydrogen-bond acceptors (Lipinski definition) is 3. The van der Waals surface area contributed by atoms with Crippen LogP contribution in [0.2, 0.25) is 0 Å². The molecule has 0 saturated heterocycles. The van der Waals surface area contributed by atoms with Gasteiger partial charge in [0.05, 0.1) is 15.9 Å². The minimum absolute atomic E-state index is 0.351. The second-order valence-corrected chi connectivity index (χ2v) is 6.49. The molecular formula is C14H25BrN4. The molecule has 3 N–H and O–H groups in total. The van der Waals surface area contributed by atoms with E-state index < -0.39 is 0 Å². The maximum Gasteiger partial charge on any atom is 0.0738 e. The lowest BCUT2D eigenvalue weighted by atomic mass is 9.89. The van der Waals surface area contributed by atoms with Gasteiger partial charge in [0.1, 0.15) is 0 Å². The third-order valence-corrected chi connectivity index (χ3v) is 5.39. The first kappa shape index (κ1) is 15.0. The van der Waals surface area contributed by atoms with Gasteiger partial charge in [-0.15, -0.1) is 0 Å². The fourth-order valence-corrected chi connectivity index (χ4v) is 3.68. The number of nitrogens with one attached hydrogen (secondary N) is 1. The first-order valence-corrected chi connectivity index (χ1v) is 8.07. The van der Waals surface area contributed by atoms with Crippen LogP contribution in [0.3, 0.4) is 0 Å². The van der Waals surface area contributed by atoms with Gasteiger partial charge in [0.15, 0.2) is 0 Å². The smallest absolute Gasteiger partial charge is 0.0738 e. The van der Waals surface area contributed by atoms with Gasteiger partial charge in [-0.05, 0) is 41.6 Å². The molecule has 0 spiro atoms.